The van der Waals surface area contributed by atoms with Gasteiger partial charge in [-0.2, -0.15) is 15.8 Å². The van der Waals surface area contributed by atoms with Gasteiger partial charge in [0.25, 0.3) is 0 Å². The molecular formula is C45H28N4Si. The van der Waals surface area contributed by atoms with E-state index in [-0.39, 0.29) is 0 Å². The maximum Gasteiger partial charge on any atom is 0.180 e. The number of nitrogens with zero attached hydrogens (tertiary/aromatic N) is 4. The maximum atomic E-state index is 10.9. The predicted octanol–water partition coefficient (Wildman–Crippen LogP) is 7.44. The normalized spacial score (nSPS) is 11.1. The number of hydrogen-bond acceptors (Lipinski definition) is 3. The van der Waals surface area contributed by atoms with E-state index in [4.69, 9.17) is 0 Å². The van der Waals surface area contributed by atoms with Gasteiger partial charge in [-0.3, -0.25) is 0 Å². The molecule has 0 radical (unpaired) electrons. The van der Waals surface area contributed by atoms with E-state index in [0.29, 0.717) is 16.7 Å². The summed E-state index contributed by atoms with van der Waals surface area (Å²) in [6.45, 7) is 0. The van der Waals surface area contributed by atoms with E-state index in [1.807, 2.05) is 78.9 Å². The summed E-state index contributed by atoms with van der Waals surface area (Å²) in [6, 6.07) is 64.9. The SMILES string of the molecule is N#Cc1ccc(-c2c(C#N)cccc2[Si](c2ccccc2)(c2ccccc2)c2ccccc2)c(-n2c3ccccc3c3cc(C#N)ccc32)c1. The smallest absolute Gasteiger partial charge is 0.180 e. The van der Waals surface area contributed by atoms with Crippen LogP contribution in [0.4, 0.5) is 0 Å². The summed E-state index contributed by atoms with van der Waals surface area (Å²) < 4.78 is 2.18. The number of hydrogen-bond donors (Lipinski definition) is 0. The minimum absolute atomic E-state index is 0.511. The Morgan fingerprint density at radius 3 is 1.58 bits per heavy atom. The second kappa shape index (κ2) is 12.6. The first-order chi connectivity index (χ1) is 24.7. The first-order valence-electron chi connectivity index (χ1n) is 16.4. The van der Waals surface area contributed by atoms with Gasteiger partial charge in [0.1, 0.15) is 0 Å². The summed E-state index contributed by atoms with van der Waals surface area (Å²) in [7, 11) is -3.09. The number of nitriles is 3. The fraction of sp³-hybridized carbons (Fsp3) is 0. The standard InChI is InChI=1S/C45H28N4Si/c46-29-32-24-26-42-40(27-32)38-20-10-11-21-41(38)49(42)43-28-33(30-47)23-25-39(43)45-34(31-48)13-12-22-44(45)50(35-14-4-1-5-15-35,36-16-6-2-7-17-36)37-18-8-3-9-19-37/h1-28H. The van der Waals surface area contributed by atoms with Crippen molar-refractivity contribution in [3.63, 3.8) is 0 Å². The minimum Gasteiger partial charge on any atom is -0.309 e. The van der Waals surface area contributed by atoms with Crippen molar-refractivity contribution in [2.45, 2.75) is 0 Å². The average Bonchev–Trinajstić information content (AvgIpc) is 3.52. The highest BCUT2D eigenvalue weighted by Crippen LogP contribution is 2.38. The van der Waals surface area contributed by atoms with Gasteiger partial charge in [0.15, 0.2) is 8.07 Å². The molecule has 8 rings (SSSR count). The Kier molecular flexibility index (Phi) is 7.63. The number of benzene rings is 7. The lowest BCUT2D eigenvalue weighted by Gasteiger charge is -2.36. The topological polar surface area (TPSA) is 76.3 Å². The Labute approximate surface area is 291 Å². The summed E-state index contributed by atoms with van der Waals surface area (Å²) in [5.74, 6) is 0. The highest BCUT2D eigenvalue weighted by Gasteiger charge is 2.43. The average molecular weight is 653 g/mol. The van der Waals surface area contributed by atoms with Gasteiger partial charge in [-0.15, -0.1) is 0 Å². The van der Waals surface area contributed by atoms with Crippen molar-refractivity contribution < 1.29 is 0 Å². The van der Waals surface area contributed by atoms with Crippen molar-refractivity contribution in [2.24, 2.45) is 0 Å². The molecule has 50 heavy (non-hydrogen) atoms. The fourth-order valence-corrected chi connectivity index (χ4v) is 12.6. The van der Waals surface area contributed by atoms with Gasteiger partial charge in [0.2, 0.25) is 0 Å². The van der Waals surface area contributed by atoms with Crippen LogP contribution in [-0.2, 0) is 0 Å². The summed E-state index contributed by atoms with van der Waals surface area (Å²) in [5.41, 5.74) is 5.99. The number of para-hydroxylation sites is 1. The molecule has 0 N–H and O–H groups in total. The van der Waals surface area contributed by atoms with Gasteiger partial charge < -0.3 is 4.57 Å². The second-order valence-corrected chi connectivity index (χ2v) is 16.0. The zero-order valence-electron chi connectivity index (χ0n) is 27.0. The van der Waals surface area contributed by atoms with Crippen molar-refractivity contribution in [1.82, 2.24) is 4.57 Å². The van der Waals surface area contributed by atoms with Crippen molar-refractivity contribution in [2.75, 3.05) is 0 Å². The molecule has 0 saturated heterocycles. The Morgan fingerprint density at radius 2 is 0.980 bits per heavy atom. The first-order valence-corrected chi connectivity index (χ1v) is 18.4. The third-order valence-corrected chi connectivity index (χ3v) is 14.5. The van der Waals surface area contributed by atoms with Crippen molar-refractivity contribution in [3.05, 3.63) is 187 Å². The lowest BCUT2D eigenvalue weighted by Crippen LogP contribution is -2.75. The van der Waals surface area contributed by atoms with E-state index in [1.165, 1.54) is 15.6 Å². The number of fused-ring (bicyclic) bond motifs is 3. The van der Waals surface area contributed by atoms with Crippen LogP contribution in [0.1, 0.15) is 16.7 Å². The molecule has 0 atom stereocenters. The lowest BCUT2D eigenvalue weighted by molar-refractivity contribution is 1.18. The molecule has 0 fully saturated rings. The molecule has 0 spiro atoms. The van der Waals surface area contributed by atoms with Crippen molar-refractivity contribution >= 4 is 50.6 Å². The van der Waals surface area contributed by atoms with Gasteiger partial charge in [-0.1, -0.05) is 127 Å². The van der Waals surface area contributed by atoms with E-state index < -0.39 is 8.07 Å². The lowest BCUT2D eigenvalue weighted by atomic mass is 9.97. The molecule has 0 bridgehead atoms. The van der Waals surface area contributed by atoms with Gasteiger partial charge in [0, 0.05) is 21.9 Å². The molecule has 0 saturated carbocycles. The zero-order chi connectivity index (χ0) is 34.1. The van der Waals surface area contributed by atoms with E-state index in [2.05, 4.69) is 114 Å². The molecule has 8 aromatic rings. The van der Waals surface area contributed by atoms with Crippen LogP contribution < -0.4 is 20.7 Å². The van der Waals surface area contributed by atoms with Crippen LogP contribution in [0, 0.1) is 34.0 Å². The predicted molar refractivity (Wildman–Crippen MR) is 204 cm³/mol. The molecule has 0 aliphatic heterocycles. The van der Waals surface area contributed by atoms with Crippen LogP contribution in [0.25, 0.3) is 38.6 Å². The van der Waals surface area contributed by atoms with Crippen LogP contribution in [-0.4, -0.2) is 12.6 Å². The maximum absolute atomic E-state index is 10.9. The Hall–Kier alpha value is -6.97. The van der Waals surface area contributed by atoms with Gasteiger partial charge >= 0.3 is 0 Å². The molecule has 0 aliphatic rings. The van der Waals surface area contributed by atoms with Crippen molar-refractivity contribution in [3.8, 4) is 35.0 Å². The molecule has 0 unspecified atom stereocenters. The van der Waals surface area contributed by atoms with Crippen LogP contribution in [0.3, 0.4) is 0 Å². The molecular weight excluding hydrogens is 625 g/mol. The molecule has 0 aliphatic carbocycles. The van der Waals surface area contributed by atoms with Crippen LogP contribution in [0.5, 0.6) is 0 Å². The summed E-state index contributed by atoms with van der Waals surface area (Å²) in [6.07, 6.45) is 0. The van der Waals surface area contributed by atoms with Crippen LogP contribution >= 0.6 is 0 Å². The highest BCUT2D eigenvalue weighted by atomic mass is 28.3. The molecule has 7 aromatic carbocycles. The number of aromatic nitrogens is 1. The molecule has 4 nitrogen and oxygen atoms in total. The van der Waals surface area contributed by atoms with E-state index >= 15 is 0 Å². The number of rotatable bonds is 6. The summed E-state index contributed by atoms with van der Waals surface area (Å²) >= 11 is 0. The quantitative estimate of drug-likeness (QED) is 0.138. The molecule has 1 aromatic heterocycles. The third-order valence-electron chi connectivity index (χ3n) is 9.65. The molecule has 5 heteroatoms. The Balaban J connectivity index is 1.56. The van der Waals surface area contributed by atoms with Crippen LogP contribution in [0.15, 0.2) is 170 Å². The Bertz CT molecular complexity index is 2580. The van der Waals surface area contributed by atoms with E-state index in [1.54, 1.807) is 0 Å². The minimum atomic E-state index is -3.09. The molecule has 0 amide bonds. The molecule has 1 heterocycles. The fourth-order valence-electron chi connectivity index (χ4n) is 7.58. The summed E-state index contributed by atoms with van der Waals surface area (Å²) in [4.78, 5) is 0. The largest absolute Gasteiger partial charge is 0.309 e. The molecule has 232 valence electrons. The first kappa shape index (κ1) is 30.4. The zero-order valence-corrected chi connectivity index (χ0v) is 28.0. The highest BCUT2D eigenvalue weighted by molar-refractivity contribution is 7.20. The monoisotopic (exact) mass is 652 g/mol. The van der Waals surface area contributed by atoms with Gasteiger partial charge in [-0.05, 0) is 63.2 Å². The Morgan fingerprint density at radius 1 is 0.440 bits per heavy atom. The van der Waals surface area contributed by atoms with E-state index in [0.717, 1.165) is 43.8 Å². The van der Waals surface area contributed by atoms with Gasteiger partial charge in [0.05, 0.1) is 51.6 Å². The van der Waals surface area contributed by atoms with Gasteiger partial charge in [-0.25, -0.2) is 0 Å². The van der Waals surface area contributed by atoms with Crippen molar-refractivity contribution in [1.29, 1.82) is 15.8 Å². The third kappa shape index (κ3) is 4.72. The van der Waals surface area contributed by atoms with E-state index in [9.17, 15) is 15.8 Å². The van der Waals surface area contributed by atoms with Crippen LogP contribution in [0.2, 0.25) is 0 Å². The summed E-state index contributed by atoms with van der Waals surface area (Å²) in [5, 5.41) is 37.5. The second-order valence-electron chi connectivity index (χ2n) is 12.2.